The van der Waals surface area contributed by atoms with Crippen LogP contribution in [0, 0.1) is 11.8 Å². The molecule has 2 aromatic carbocycles. The summed E-state index contributed by atoms with van der Waals surface area (Å²) in [6.07, 6.45) is -1.06. The van der Waals surface area contributed by atoms with E-state index >= 15 is 4.39 Å². The number of aromatic nitrogens is 3. The quantitative estimate of drug-likeness (QED) is 0.281. The maximum atomic E-state index is 15.4. The van der Waals surface area contributed by atoms with Gasteiger partial charge in [-0.25, -0.2) is 19.0 Å². The van der Waals surface area contributed by atoms with Crippen molar-refractivity contribution in [2.75, 3.05) is 10.6 Å². The predicted molar refractivity (Wildman–Crippen MR) is 157 cm³/mol. The molecule has 2 aromatic heterocycles. The van der Waals surface area contributed by atoms with Crippen LogP contribution in [-0.4, -0.2) is 50.6 Å². The molecule has 2 aliphatic rings. The highest BCUT2D eigenvalue weighted by molar-refractivity contribution is 6.20. The lowest BCUT2D eigenvalue weighted by molar-refractivity contribution is -0.117. The maximum absolute atomic E-state index is 15.4. The average Bonchev–Trinajstić information content (AvgIpc) is 3.27. The highest BCUT2D eigenvalue weighted by Crippen LogP contribution is 2.35. The molecular weight excluding hydrogens is 556 g/mol. The molecule has 220 valence electrons. The van der Waals surface area contributed by atoms with Gasteiger partial charge >= 0.3 is 0 Å². The molecule has 3 N–H and O–H groups in total. The SMILES string of the molecule is CC(C)Nc1ccc(-c2nn3c(c2C(=O)N[C@H]2N=C(c4ccccc4)c4cccc(F)c4NC2=O)O[C@H](C)CC3)c(F)n1. The zero-order chi connectivity index (χ0) is 30.2. The molecule has 43 heavy (non-hydrogen) atoms. The van der Waals surface area contributed by atoms with E-state index in [0.717, 1.165) is 0 Å². The van der Waals surface area contributed by atoms with Gasteiger partial charge in [-0.15, -0.1) is 0 Å². The molecule has 4 aromatic rings. The number of fused-ring (bicyclic) bond motifs is 2. The number of anilines is 2. The first kappa shape index (κ1) is 28.0. The second-order valence-electron chi connectivity index (χ2n) is 10.7. The third-order valence-corrected chi connectivity index (χ3v) is 7.07. The molecule has 0 unspecified atom stereocenters. The number of aryl methyl sites for hydroxylation is 1. The van der Waals surface area contributed by atoms with Crippen molar-refractivity contribution in [2.24, 2.45) is 4.99 Å². The minimum Gasteiger partial charge on any atom is -0.474 e. The lowest BCUT2D eigenvalue weighted by Gasteiger charge is -2.22. The van der Waals surface area contributed by atoms with Gasteiger partial charge in [-0.05, 0) is 39.0 Å². The molecule has 0 saturated heterocycles. The molecule has 2 atom stereocenters. The van der Waals surface area contributed by atoms with E-state index in [2.05, 4.69) is 31.0 Å². The Morgan fingerprint density at radius 1 is 1.07 bits per heavy atom. The molecule has 0 fully saturated rings. The van der Waals surface area contributed by atoms with Gasteiger partial charge < -0.3 is 20.7 Å². The summed E-state index contributed by atoms with van der Waals surface area (Å²) in [5.41, 5.74) is 1.19. The van der Waals surface area contributed by atoms with Crippen LogP contribution < -0.4 is 20.7 Å². The predicted octanol–water partition coefficient (Wildman–Crippen LogP) is 4.76. The summed E-state index contributed by atoms with van der Waals surface area (Å²) >= 11 is 0. The molecule has 10 nitrogen and oxygen atoms in total. The summed E-state index contributed by atoms with van der Waals surface area (Å²) < 4.78 is 37.8. The standard InChI is InChI=1S/C31H29F2N7O3/c1-16(2)34-22-13-12-20(27(33)35-22)26-23(31-40(39-26)15-14-17(3)43-31)29(41)38-28-30(42)37-25-19(10-7-11-21(25)32)24(36-28)18-8-5-4-6-9-18/h4-13,16-17,28H,14-15H2,1-3H3,(H,34,35)(H,37,42)(H,38,41)/t17-,28-/m1/s1. The van der Waals surface area contributed by atoms with Crippen molar-refractivity contribution in [2.45, 2.75) is 52.0 Å². The average molecular weight is 586 g/mol. The van der Waals surface area contributed by atoms with Gasteiger partial charge in [-0.3, -0.25) is 9.59 Å². The number of pyridine rings is 1. The van der Waals surface area contributed by atoms with Crippen molar-refractivity contribution >= 4 is 29.0 Å². The number of carbonyl (C=O) groups excluding carboxylic acids is 2. The van der Waals surface area contributed by atoms with Crippen LogP contribution in [0.4, 0.5) is 20.3 Å². The number of amides is 2. The molecule has 2 aliphatic heterocycles. The Bertz CT molecular complexity index is 1750. The van der Waals surface area contributed by atoms with Crippen LogP contribution in [0.2, 0.25) is 0 Å². The first-order valence-corrected chi connectivity index (χ1v) is 13.9. The molecule has 0 saturated carbocycles. The summed E-state index contributed by atoms with van der Waals surface area (Å²) in [5, 5.41) is 12.8. The van der Waals surface area contributed by atoms with Crippen molar-refractivity contribution in [3.8, 4) is 17.1 Å². The number of halogens is 2. The lowest BCUT2D eigenvalue weighted by Crippen LogP contribution is -2.42. The summed E-state index contributed by atoms with van der Waals surface area (Å²) in [6, 6.07) is 16.5. The second-order valence-corrected chi connectivity index (χ2v) is 10.7. The fourth-order valence-electron chi connectivity index (χ4n) is 5.07. The first-order valence-electron chi connectivity index (χ1n) is 13.9. The number of carbonyl (C=O) groups is 2. The van der Waals surface area contributed by atoms with Crippen molar-refractivity contribution in [1.82, 2.24) is 20.1 Å². The Kier molecular flexibility index (Phi) is 7.34. The van der Waals surface area contributed by atoms with Crippen molar-refractivity contribution in [3.63, 3.8) is 0 Å². The molecule has 12 heteroatoms. The number of hydrogen-bond acceptors (Lipinski definition) is 7. The smallest absolute Gasteiger partial charge is 0.269 e. The largest absolute Gasteiger partial charge is 0.474 e. The topological polar surface area (TPSA) is 123 Å². The number of benzodiazepines with no additional fused rings is 1. The fraction of sp³-hybridized carbons (Fsp3) is 0.258. The highest BCUT2D eigenvalue weighted by Gasteiger charge is 2.35. The van der Waals surface area contributed by atoms with E-state index in [0.29, 0.717) is 35.6 Å². The normalized spacial score (nSPS) is 17.6. The summed E-state index contributed by atoms with van der Waals surface area (Å²) in [5.74, 6) is -2.51. The third-order valence-electron chi connectivity index (χ3n) is 7.07. The molecule has 2 amide bonds. The van der Waals surface area contributed by atoms with Gasteiger partial charge in [0, 0.05) is 30.1 Å². The van der Waals surface area contributed by atoms with E-state index in [1.807, 2.05) is 26.8 Å². The van der Waals surface area contributed by atoms with Gasteiger partial charge in [0.05, 0.1) is 23.1 Å². The number of para-hydroxylation sites is 1. The molecule has 0 aliphatic carbocycles. The summed E-state index contributed by atoms with van der Waals surface area (Å²) in [7, 11) is 0. The van der Waals surface area contributed by atoms with Crippen LogP contribution in [0.1, 0.15) is 48.7 Å². The molecule has 4 heterocycles. The zero-order valence-electron chi connectivity index (χ0n) is 23.7. The van der Waals surface area contributed by atoms with Crippen LogP contribution in [0.5, 0.6) is 5.88 Å². The summed E-state index contributed by atoms with van der Waals surface area (Å²) in [6.45, 7) is 6.10. The minimum absolute atomic E-state index is 0.00845. The second kappa shape index (κ2) is 11.3. The Morgan fingerprint density at radius 2 is 1.86 bits per heavy atom. The molecule has 0 bridgehead atoms. The van der Waals surface area contributed by atoms with Gasteiger partial charge in [0.2, 0.25) is 18.0 Å². The van der Waals surface area contributed by atoms with E-state index in [4.69, 9.17) is 4.74 Å². The van der Waals surface area contributed by atoms with E-state index in [-0.39, 0.29) is 40.5 Å². The number of rotatable bonds is 6. The minimum atomic E-state index is -1.46. The first-order chi connectivity index (χ1) is 20.7. The van der Waals surface area contributed by atoms with Crippen LogP contribution >= 0.6 is 0 Å². The number of nitrogens with zero attached hydrogens (tertiary/aromatic N) is 4. The van der Waals surface area contributed by atoms with Crippen LogP contribution in [0.3, 0.4) is 0 Å². The van der Waals surface area contributed by atoms with Gasteiger partial charge in [0.1, 0.15) is 22.9 Å². The van der Waals surface area contributed by atoms with Gasteiger partial charge in [-0.1, -0.05) is 42.5 Å². The zero-order valence-corrected chi connectivity index (χ0v) is 23.7. The van der Waals surface area contributed by atoms with Crippen molar-refractivity contribution in [1.29, 1.82) is 0 Å². The Labute approximate surface area is 246 Å². The number of aliphatic imine (C=N–C) groups is 1. The van der Waals surface area contributed by atoms with E-state index in [9.17, 15) is 14.0 Å². The van der Waals surface area contributed by atoms with Gasteiger partial charge in [-0.2, -0.15) is 9.49 Å². The van der Waals surface area contributed by atoms with E-state index in [1.54, 1.807) is 36.4 Å². The lowest BCUT2D eigenvalue weighted by atomic mass is 10.0. The Morgan fingerprint density at radius 3 is 2.60 bits per heavy atom. The number of benzene rings is 2. The Hall–Kier alpha value is -5.13. The van der Waals surface area contributed by atoms with Crippen molar-refractivity contribution in [3.05, 3.63) is 89.1 Å². The monoisotopic (exact) mass is 585 g/mol. The van der Waals surface area contributed by atoms with Crippen LogP contribution in [-0.2, 0) is 11.3 Å². The maximum Gasteiger partial charge on any atom is 0.269 e. The van der Waals surface area contributed by atoms with Gasteiger partial charge in [0.15, 0.2) is 0 Å². The van der Waals surface area contributed by atoms with E-state index < -0.39 is 29.7 Å². The molecule has 0 radical (unpaired) electrons. The number of ether oxygens (including phenoxy) is 1. The van der Waals surface area contributed by atoms with Crippen LogP contribution in [0.25, 0.3) is 11.3 Å². The number of hydrogen-bond donors (Lipinski definition) is 3. The van der Waals surface area contributed by atoms with Gasteiger partial charge in [0.25, 0.3) is 11.8 Å². The third kappa shape index (κ3) is 5.43. The highest BCUT2D eigenvalue weighted by atomic mass is 19.1. The molecule has 0 spiro atoms. The van der Waals surface area contributed by atoms with E-state index in [1.165, 1.54) is 22.9 Å². The molecular formula is C31H29F2N7O3. The fourth-order valence-corrected chi connectivity index (χ4v) is 5.07. The number of nitrogens with one attached hydrogen (secondary N) is 3. The van der Waals surface area contributed by atoms with Crippen molar-refractivity contribution < 1.29 is 23.1 Å². The summed E-state index contributed by atoms with van der Waals surface area (Å²) in [4.78, 5) is 35.9. The van der Waals surface area contributed by atoms with Crippen LogP contribution in [0.15, 0.2) is 65.7 Å². The molecule has 6 rings (SSSR count). The Balaban J connectivity index is 1.42.